The van der Waals surface area contributed by atoms with Crippen molar-refractivity contribution >= 4 is 33.5 Å². The Morgan fingerprint density at radius 1 is 1.32 bits per heavy atom. The molecule has 22 heavy (non-hydrogen) atoms. The van der Waals surface area contributed by atoms with Crippen LogP contribution in [0.2, 0.25) is 5.02 Å². The molecule has 0 aliphatic heterocycles. The number of likely N-dealkylation sites (N-methyl/N-ethyl adjacent to an activating group) is 1. The van der Waals surface area contributed by atoms with Crippen LogP contribution in [0.4, 0.5) is 0 Å². The number of fused-ring (bicyclic) bond motifs is 3. The van der Waals surface area contributed by atoms with E-state index in [1.54, 1.807) is 10.9 Å². The zero-order chi connectivity index (χ0) is 15.7. The van der Waals surface area contributed by atoms with E-state index in [0.29, 0.717) is 22.6 Å². The molecule has 0 atom stereocenters. The second kappa shape index (κ2) is 6.10. The summed E-state index contributed by atoms with van der Waals surface area (Å²) in [4.78, 5) is 22.5. The van der Waals surface area contributed by atoms with Crippen molar-refractivity contribution in [1.29, 1.82) is 0 Å². The highest BCUT2D eigenvalue weighted by molar-refractivity contribution is 6.37. The molecule has 1 aromatic carbocycles. The van der Waals surface area contributed by atoms with Crippen LogP contribution in [0, 0.1) is 0 Å². The number of hydrogen-bond acceptors (Lipinski definition) is 3. The molecule has 0 fully saturated rings. The normalized spacial score (nSPS) is 11.8. The number of benzene rings is 1. The molecule has 0 amide bonds. The summed E-state index contributed by atoms with van der Waals surface area (Å²) >= 11 is 6.23. The molecule has 3 aromatic rings. The van der Waals surface area contributed by atoms with E-state index in [1.165, 1.54) is 0 Å². The lowest BCUT2D eigenvalue weighted by Crippen LogP contribution is -2.31. The minimum Gasteiger partial charge on any atom is -0.349 e. The second-order valence-corrected chi connectivity index (χ2v) is 5.69. The van der Waals surface area contributed by atoms with Gasteiger partial charge in [0.1, 0.15) is 11.0 Å². The third kappa shape index (κ3) is 2.51. The van der Waals surface area contributed by atoms with Crippen molar-refractivity contribution in [3.8, 4) is 0 Å². The van der Waals surface area contributed by atoms with Gasteiger partial charge in [0.15, 0.2) is 0 Å². The second-order valence-electron chi connectivity index (χ2n) is 5.28. The first kappa shape index (κ1) is 15.1. The monoisotopic (exact) mass is 318 g/mol. The highest BCUT2D eigenvalue weighted by Crippen LogP contribution is 2.28. The summed E-state index contributed by atoms with van der Waals surface area (Å²) in [5, 5.41) is 1.42. The molecule has 2 aromatic heterocycles. The van der Waals surface area contributed by atoms with Gasteiger partial charge < -0.3 is 9.88 Å². The van der Waals surface area contributed by atoms with Gasteiger partial charge in [0, 0.05) is 24.0 Å². The molecular weight excluding hydrogens is 300 g/mol. The number of nitrogens with one attached hydrogen (secondary N) is 1. The van der Waals surface area contributed by atoms with E-state index in [0.717, 1.165) is 30.5 Å². The average molecular weight is 319 g/mol. The SMILES string of the molecule is CCN(CC)CCn1cnc2c([nH]c3cccc(Cl)c32)c1=O. The maximum absolute atomic E-state index is 12.6. The zero-order valence-corrected chi connectivity index (χ0v) is 13.5. The molecule has 1 N–H and O–H groups in total. The maximum atomic E-state index is 12.6. The minimum absolute atomic E-state index is 0.0515. The maximum Gasteiger partial charge on any atom is 0.277 e. The first-order valence-electron chi connectivity index (χ1n) is 7.53. The third-order valence-corrected chi connectivity index (χ3v) is 4.41. The van der Waals surface area contributed by atoms with E-state index < -0.39 is 0 Å². The van der Waals surface area contributed by atoms with Gasteiger partial charge in [-0.15, -0.1) is 0 Å². The Balaban J connectivity index is 2.05. The van der Waals surface area contributed by atoms with E-state index in [-0.39, 0.29) is 5.56 Å². The zero-order valence-electron chi connectivity index (χ0n) is 12.8. The Morgan fingerprint density at radius 2 is 2.09 bits per heavy atom. The number of halogens is 1. The predicted octanol–water partition coefficient (Wildman–Crippen LogP) is 2.87. The van der Waals surface area contributed by atoms with Crippen molar-refractivity contribution in [2.45, 2.75) is 20.4 Å². The molecule has 0 aliphatic rings. The summed E-state index contributed by atoms with van der Waals surface area (Å²) in [7, 11) is 0. The summed E-state index contributed by atoms with van der Waals surface area (Å²) < 4.78 is 1.66. The van der Waals surface area contributed by atoms with Crippen LogP contribution in [0.25, 0.3) is 21.9 Å². The van der Waals surface area contributed by atoms with Crippen LogP contribution in [-0.4, -0.2) is 39.1 Å². The van der Waals surface area contributed by atoms with Crippen LogP contribution in [-0.2, 0) is 6.54 Å². The van der Waals surface area contributed by atoms with Crippen molar-refractivity contribution in [1.82, 2.24) is 19.4 Å². The molecule has 0 aliphatic carbocycles. The smallest absolute Gasteiger partial charge is 0.277 e. The summed E-state index contributed by atoms with van der Waals surface area (Å²) in [5.74, 6) is 0. The van der Waals surface area contributed by atoms with Crippen molar-refractivity contribution in [2.24, 2.45) is 0 Å². The lowest BCUT2D eigenvalue weighted by Gasteiger charge is -2.18. The van der Waals surface area contributed by atoms with Crippen LogP contribution in [0.1, 0.15) is 13.8 Å². The Labute approximate surface area is 133 Å². The van der Waals surface area contributed by atoms with Gasteiger partial charge in [0.05, 0.1) is 11.3 Å². The van der Waals surface area contributed by atoms with Gasteiger partial charge >= 0.3 is 0 Å². The summed E-state index contributed by atoms with van der Waals surface area (Å²) in [6, 6.07) is 5.58. The first-order valence-corrected chi connectivity index (χ1v) is 7.91. The van der Waals surface area contributed by atoms with E-state index in [1.807, 2.05) is 18.2 Å². The lowest BCUT2D eigenvalue weighted by atomic mass is 10.2. The number of hydrogen-bond donors (Lipinski definition) is 1. The summed E-state index contributed by atoms with van der Waals surface area (Å²) in [6.45, 7) is 7.65. The van der Waals surface area contributed by atoms with Crippen molar-refractivity contribution in [3.63, 3.8) is 0 Å². The fourth-order valence-corrected chi connectivity index (χ4v) is 3.01. The number of rotatable bonds is 5. The Bertz CT molecular complexity index is 864. The van der Waals surface area contributed by atoms with Crippen LogP contribution >= 0.6 is 11.6 Å². The van der Waals surface area contributed by atoms with Crippen LogP contribution < -0.4 is 5.56 Å². The number of nitrogens with zero attached hydrogens (tertiary/aromatic N) is 3. The van der Waals surface area contributed by atoms with E-state index in [2.05, 4.69) is 28.7 Å². The molecule has 0 saturated heterocycles. The Kier molecular flexibility index (Phi) is 4.18. The highest BCUT2D eigenvalue weighted by atomic mass is 35.5. The third-order valence-electron chi connectivity index (χ3n) is 4.10. The Morgan fingerprint density at radius 3 is 2.82 bits per heavy atom. The highest BCUT2D eigenvalue weighted by Gasteiger charge is 2.13. The van der Waals surface area contributed by atoms with Gasteiger partial charge in [0.2, 0.25) is 0 Å². The standard InChI is InChI=1S/C16H19ClN4O/c1-3-20(4-2)8-9-21-10-18-14-13-11(17)6-5-7-12(13)19-15(14)16(21)22/h5-7,10,19H,3-4,8-9H2,1-2H3. The molecule has 6 heteroatoms. The predicted molar refractivity (Wildman–Crippen MR) is 90.7 cm³/mol. The number of aromatic amines is 1. The molecule has 2 heterocycles. The molecule has 0 spiro atoms. The summed E-state index contributed by atoms with van der Waals surface area (Å²) in [5.41, 5.74) is 1.95. The topological polar surface area (TPSA) is 53.9 Å². The van der Waals surface area contributed by atoms with Gasteiger partial charge in [-0.1, -0.05) is 31.5 Å². The van der Waals surface area contributed by atoms with Gasteiger partial charge in [-0.25, -0.2) is 4.98 Å². The lowest BCUT2D eigenvalue weighted by molar-refractivity contribution is 0.289. The van der Waals surface area contributed by atoms with Gasteiger partial charge in [-0.2, -0.15) is 0 Å². The fraction of sp³-hybridized carbons (Fsp3) is 0.375. The van der Waals surface area contributed by atoms with E-state index in [4.69, 9.17) is 11.6 Å². The van der Waals surface area contributed by atoms with Crippen molar-refractivity contribution in [2.75, 3.05) is 19.6 Å². The van der Waals surface area contributed by atoms with Crippen LogP contribution in [0.5, 0.6) is 0 Å². The van der Waals surface area contributed by atoms with E-state index in [9.17, 15) is 4.79 Å². The minimum atomic E-state index is -0.0515. The molecule has 5 nitrogen and oxygen atoms in total. The molecule has 0 bridgehead atoms. The number of H-pyrrole nitrogens is 1. The van der Waals surface area contributed by atoms with Crippen LogP contribution in [0.15, 0.2) is 29.3 Å². The Hall–Kier alpha value is -1.85. The fourth-order valence-electron chi connectivity index (χ4n) is 2.74. The van der Waals surface area contributed by atoms with Crippen LogP contribution in [0.3, 0.4) is 0 Å². The van der Waals surface area contributed by atoms with Gasteiger partial charge in [-0.05, 0) is 25.2 Å². The molecule has 116 valence electrons. The molecule has 0 radical (unpaired) electrons. The van der Waals surface area contributed by atoms with Crippen molar-refractivity contribution < 1.29 is 0 Å². The largest absolute Gasteiger partial charge is 0.349 e. The summed E-state index contributed by atoms with van der Waals surface area (Å²) in [6.07, 6.45) is 1.62. The number of aromatic nitrogens is 3. The first-order chi connectivity index (χ1) is 10.7. The molecule has 3 rings (SSSR count). The average Bonchev–Trinajstić information content (AvgIpc) is 2.91. The van der Waals surface area contributed by atoms with Gasteiger partial charge in [0.25, 0.3) is 5.56 Å². The van der Waals surface area contributed by atoms with E-state index >= 15 is 0 Å². The molecular formula is C16H19ClN4O. The quantitative estimate of drug-likeness (QED) is 0.787. The van der Waals surface area contributed by atoms with Gasteiger partial charge in [-0.3, -0.25) is 9.36 Å². The van der Waals surface area contributed by atoms with Crippen molar-refractivity contribution in [3.05, 3.63) is 39.9 Å². The molecule has 0 saturated carbocycles. The molecule has 0 unspecified atom stereocenters.